The Bertz CT molecular complexity index is 437. The van der Waals surface area contributed by atoms with Gasteiger partial charge in [-0.3, -0.25) is 0 Å². The SMILES string of the molecule is Cc1ccc(N[C@H]2CC[C@H](O)CC2)cc1C(F)(F)F. The van der Waals surface area contributed by atoms with Crippen molar-refractivity contribution in [2.75, 3.05) is 5.32 Å². The molecule has 1 aromatic rings. The smallest absolute Gasteiger partial charge is 0.393 e. The molecule has 0 heterocycles. The van der Waals surface area contributed by atoms with Crippen molar-refractivity contribution in [2.45, 2.75) is 50.9 Å². The molecule has 0 aliphatic heterocycles. The van der Waals surface area contributed by atoms with Gasteiger partial charge in [-0.1, -0.05) is 6.07 Å². The number of aryl methyl sites for hydroxylation is 1. The summed E-state index contributed by atoms with van der Waals surface area (Å²) in [6.45, 7) is 1.46. The number of halogens is 3. The van der Waals surface area contributed by atoms with Crippen molar-refractivity contribution in [2.24, 2.45) is 0 Å². The monoisotopic (exact) mass is 273 g/mol. The Morgan fingerprint density at radius 3 is 2.37 bits per heavy atom. The summed E-state index contributed by atoms with van der Waals surface area (Å²) in [5, 5.41) is 12.5. The van der Waals surface area contributed by atoms with Gasteiger partial charge in [0.2, 0.25) is 0 Å². The van der Waals surface area contributed by atoms with Crippen LogP contribution in [0, 0.1) is 6.92 Å². The number of hydrogen-bond donors (Lipinski definition) is 2. The van der Waals surface area contributed by atoms with E-state index in [9.17, 15) is 18.3 Å². The van der Waals surface area contributed by atoms with E-state index in [2.05, 4.69) is 5.32 Å². The van der Waals surface area contributed by atoms with E-state index in [1.54, 1.807) is 6.07 Å². The molecule has 0 atom stereocenters. The van der Waals surface area contributed by atoms with Crippen LogP contribution in [0.3, 0.4) is 0 Å². The highest BCUT2D eigenvalue weighted by Crippen LogP contribution is 2.34. The zero-order valence-corrected chi connectivity index (χ0v) is 10.8. The lowest BCUT2D eigenvalue weighted by molar-refractivity contribution is -0.138. The highest BCUT2D eigenvalue weighted by molar-refractivity contribution is 5.50. The van der Waals surface area contributed by atoms with E-state index in [0.29, 0.717) is 18.5 Å². The summed E-state index contributed by atoms with van der Waals surface area (Å²) in [4.78, 5) is 0. The van der Waals surface area contributed by atoms with Gasteiger partial charge in [0.1, 0.15) is 0 Å². The third kappa shape index (κ3) is 3.62. The minimum atomic E-state index is -4.31. The first-order valence-electron chi connectivity index (χ1n) is 6.48. The molecule has 2 nitrogen and oxygen atoms in total. The van der Waals surface area contributed by atoms with E-state index in [1.807, 2.05) is 0 Å². The maximum absolute atomic E-state index is 12.8. The lowest BCUT2D eigenvalue weighted by Crippen LogP contribution is -2.28. The van der Waals surface area contributed by atoms with Gasteiger partial charge in [0, 0.05) is 11.7 Å². The van der Waals surface area contributed by atoms with E-state index in [-0.39, 0.29) is 17.7 Å². The van der Waals surface area contributed by atoms with Crippen LogP contribution in [0.4, 0.5) is 18.9 Å². The molecule has 19 heavy (non-hydrogen) atoms. The van der Waals surface area contributed by atoms with Gasteiger partial charge in [-0.25, -0.2) is 0 Å². The molecule has 2 rings (SSSR count). The van der Waals surface area contributed by atoms with E-state index < -0.39 is 11.7 Å². The quantitative estimate of drug-likeness (QED) is 0.860. The van der Waals surface area contributed by atoms with Crippen LogP contribution in [-0.4, -0.2) is 17.3 Å². The van der Waals surface area contributed by atoms with E-state index >= 15 is 0 Å². The molecule has 1 aliphatic rings. The number of hydrogen-bond acceptors (Lipinski definition) is 2. The molecule has 0 unspecified atom stereocenters. The molecule has 0 bridgehead atoms. The number of anilines is 1. The van der Waals surface area contributed by atoms with Crippen molar-refractivity contribution >= 4 is 5.69 Å². The first-order chi connectivity index (χ1) is 8.86. The minimum Gasteiger partial charge on any atom is -0.393 e. The lowest BCUT2D eigenvalue weighted by Gasteiger charge is -2.27. The van der Waals surface area contributed by atoms with Crippen LogP contribution in [-0.2, 0) is 6.18 Å². The summed E-state index contributed by atoms with van der Waals surface area (Å²) in [6, 6.07) is 4.48. The molecule has 0 saturated heterocycles. The fourth-order valence-electron chi connectivity index (χ4n) is 2.47. The van der Waals surface area contributed by atoms with Gasteiger partial charge in [-0.05, 0) is 50.3 Å². The topological polar surface area (TPSA) is 32.3 Å². The first kappa shape index (κ1) is 14.2. The van der Waals surface area contributed by atoms with Gasteiger partial charge < -0.3 is 10.4 Å². The highest BCUT2D eigenvalue weighted by Gasteiger charge is 2.32. The van der Waals surface area contributed by atoms with Gasteiger partial charge in [0.15, 0.2) is 0 Å². The van der Waals surface area contributed by atoms with Crippen LogP contribution in [0.2, 0.25) is 0 Å². The maximum atomic E-state index is 12.8. The molecule has 106 valence electrons. The van der Waals surface area contributed by atoms with Crippen LogP contribution in [0.5, 0.6) is 0 Å². The van der Waals surface area contributed by atoms with Gasteiger partial charge in [-0.2, -0.15) is 13.2 Å². The van der Waals surface area contributed by atoms with Crippen molar-refractivity contribution in [3.8, 4) is 0 Å². The zero-order chi connectivity index (χ0) is 14.0. The normalized spacial score (nSPS) is 24.3. The van der Waals surface area contributed by atoms with Crippen LogP contribution >= 0.6 is 0 Å². The van der Waals surface area contributed by atoms with Crippen LogP contribution in [0.15, 0.2) is 18.2 Å². The third-order valence-corrected chi connectivity index (χ3v) is 3.61. The molecular formula is C14H18F3NO. The molecule has 1 aromatic carbocycles. The molecule has 0 amide bonds. The Hall–Kier alpha value is -1.23. The fraction of sp³-hybridized carbons (Fsp3) is 0.571. The molecule has 5 heteroatoms. The molecule has 2 N–H and O–H groups in total. The van der Waals surface area contributed by atoms with Crippen molar-refractivity contribution in [1.29, 1.82) is 0 Å². The molecule has 0 spiro atoms. The second-order valence-electron chi connectivity index (χ2n) is 5.18. The van der Waals surface area contributed by atoms with Gasteiger partial charge >= 0.3 is 6.18 Å². The summed E-state index contributed by atoms with van der Waals surface area (Å²) in [5.74, 6) is 0. The molecular weight excluding hydrogens is 255 g/mol. The Morgan fingerprint density at radius 1 is 1.16 bits per heavy atom. The highest BCUT2D eigenvalue weighted by atomic mass is 19.4. The summed E-state index contributed by atoms with van der Waals surface area (Å²) in [6.07, 6.45) is -1.59. The molecule has 0 aromatic heterocycles. The number of rotatable bonds is 2. The Balaban J connectivity index is 2.09. The number of aliphatic hydroxyl groups is 1. The second-order valence-corrected chi connectivity index (χ2v) is 5.18. The Labute approximate surface area is 110 Å². The van der Waals surface area contributed by atoms with Crippen molar-refractivity contribution in [1.82, 2.24) is 0 Å². The second kappa shape index (κ2) is 5.41. The van der Waals surface area contributed by atoms with Crippen LogP contribution in [0.25, 0.3) is 0 Å². The van der Waals surface area contributed by atoms with E-state index in [4.69, 9.17) is 0 Å². The largest absolute Gasteiger partial charge is 0.416 e. The third-order valence-electron chi connectivity index (χ3n) is 3.61. The first-order valence-corrected chi connectivity index (χ1v) is 6.48. The average Bonchev–Trinajstić information content (AvgIpc) is 2.33. The van der Waals surface area contributed by atoms with E-state index in [0.717, 1.165) is 12.8 Å². The molecule has 1 saturated carbocycles. The van der Waals surface area contributed by atoms with Crippen molar-refractivity contribution in [3.63, 3.8) is 0 Å². The molecule has 1 aliphatic carbocycles. The number of alkyl halides is 3. The summed E-state index contributed by atoms with van der Waals surface area (Å²) >= 11 is 0. The van der Waals surface area contributed by atoms with Crippen molar-refractivity contribution < 1.29 is 18.3 Å². The minimum absolute atomic E-state index is 0.146. The number of aliphatic hydroxyl groups excluding tert-OH is 1. The fourth-order valence-corrected chi connectivity index (χ4v) is 2.47. The molecule has 1 fully saturated rings. The predicted molar refractivity (Wildman–Crippen MR) is 68.1 cm³/mol. The predicted octanol–water partition coefficient (Wildman–Crippen LogP) is 3.73. The summed E-state index contributed by atoms with van der Waals surface area (Å²) in [7, 11) is 0. The van der Waals surface area contributed by atoms with Gasteiger partial charge in [0.05, 0.1) is 11.7 Å². The number of nitrogens with one attached hydrogen (secondary N) is 1. The van der Waals surface area contributed by atoms with Crippen LogP contribution < -0.4 is 5.32 Å². The summed E-state index contributed by atoms with van der Waals surface area (Å²) in [5.41, 5.74) is 0.143. The Morgan fingerprint density at radius 2 is 1.79 bits per heavy atom. The average molecular weight is 273 g/mol. The number of benzene rings is 1. The zero-order valence-electron chi connectivity index (χ0n) is 10.8. The summed E-state index contributed by atoms with van der Waals surface area (Å²) < 4.78 is 38.4. The van der Waals surface area contributed by atoms with Crippen molar-refractivity contribution in [3.05, 3.63) is 29.3 Å². The molecule has 0 radical (unpaired) electrons. The van der Waals surface area contributed by atoms with Crippen LogP contribution in [0.1, 0.15) is 36.8 Å². The Kier molecular flexibility index (Phi) is 4.04. The van der Waals surface area contributed by atoms with Gasteiger partial charge in [-0.15, -0.1) is 0 Å². The van der Waals surface area contributed by atoms with E-state index in [1.165, 1.54) is 19.1 Å². The lowest BCUT2D eigenvalue weighted by atomic mass is 9.93. The standard InChI is InChI=1S/C14H18F3NO/c1-9-2-3-11(8-13(9)14(15,16)17)18-10-4-6-12(19)7-5-10/h2-3,8,10,12,18-19H,4-7H2,1H3/t10-,12-. The van der Waals surface area contributed by atoms with Gasteiger partial charge in [0.25, 0.3) is 0 Å². The maximum Gasteiger partial charge on any atom is 0.416 e.